The highest BCUT2D eigenvalue weighted by atomic mass is 79.9. The van der Waals surface area contributed by atoms with Gasteiger partial charge in [-0.1, -0.05) is 19.1 Å². The minimum atomic E-state index is -0.428. The fourth-order valence-corrected chi connectivity index (χ4v) is 3.36. The number of ether oxygens (including phenoxy) is 2. The van der Waals surface area contributed by atoms with Gasteiger partial charge in [0.05, 0.1) is 22.2 Å². The zero-order chi connectivity index (χ0) is 21.5. The third-order valence-electron chi connectivity index (χ3n) is 4.49. The van der Waals surface area contributed by atoms with Gasteiger partial charge in [0.25, 0.3) is 5.69 Å². The van der Waals surface area contributed by atoms with E-state index in [0.29, 0.717) is 11.5 Å². The van der Waals surface area contributed by atoms with Crippen molar-refractivity contribution >= 4 is 33.5 Å². The second kappa shape index (κ2) is 10.0. The van der Waals surface area contributed by atoms with Crippen molar-refractivity contribution in [3.8, 4) is 11.5 Å². The van der Waals surface area contributed by atoms with Crippen molar-refractivity contribution < 1.29 is 14.4 Å². The quantitative estimate of drug-likeness (QED) is 0.222. The SMILES string of the molecule is CCc1ccc(N=Cc2cc(Br)c(OCc3ccc([N+](=O)[O-])cc3)c(OC)c2)cc1. The van der Waals surface area contributed by atoms with Gasteiger partial charge >= 0.3 is 0 Å². The van der Waals surface area contributed by atoms with Gasteiger partial charge in [-0.15, -0.1) is 0 Å². The predicted octanol–water partition coefficient (Wildman–Crippen LogP) is 6.26. The van der Waals surface area contributed by atoms with Crippen LogP contribution >= 0.6 is 15.9 Å². The summed E-state index contributed by atoms with van der Waals surface area (Å²) in [5.41, 5.74) is 3.87. The van der Waals surface area contributed by atoms with Gasteiger partial charge in [0.1, 0.15) is 6.61 Å². The van der Waals surface area contributed by atoms with E-state index >= 15 is 0 Å². The zero-order valence-electron chi connectivity index (χ0n) is 16.7. The average molecular weight is 469 g/mol. The summed E-state index contributed by atoms with van der Waals surface area (Å²) in [4.78, 5) is 14.9. The second-order valence-corrected chi connectivity index (χ2v) is 7.38. The molecule has 6 nitrogen and oxygen atoms in total. The van der Waals surface area contributed by atoms with Crippen LogP contribution in [0.3, 0.4) is 0 Å². The molecule has 0 saturated heterocycles. The Morgan fingerprint density at radius 1 is 1.07 bits per heavy atom. The molecule has 0 aliphatic carbocycles. The molecule has 0 spiro atoms. The number of benzene rings is 3. The van der Waals surface area contributed by atoms with Gasteiger partial charge in [0.2, 0.25) is 0 Å². The van der Waals surface area contributed by atoms with E-state index in [1.807, 2.05) is 24.3 Å². The number of aliphatic imine (C=N–C) groups is 1. The molecule has 0 N–H and O–H groups in total. The van der Waals surface area contributed by atoms with Crippen molar-refractivity contribution in [3.05, 3.63) is 91.9 Å². The highest BCUT2D eigenvalue weighted by molar-refractivity contribution is 9.10. The molecule has 0 atom stereocenters. The summed E-state index contributed by atoms with van der Waals surface area (Å²) in [7, 11) is 1.57. The first kappa shape index (κ1) is 21.5. The van der Waals surface area contributed by atoms with Crippen molar-refractivity contribution in [2.24, 2.45) is 4.99 Å². The minimum Gasteiger partial charge on any atom is -0.493 e. The molecular weight excluding hydrogens is 448 g/mol. The molecule has 3 rings (SSSR count). The van der Waals surface area contributed by atoms with E-state index in [4.69, 9.17) is 9.47 Å². The molecule has 3 aromatic rings. The summed E-state index contributed by atoms with van der Waals surface area (Å²) >= 11 is 3.53. The summed E-state index contributed by atoms with van der Waals surface area (Å²) in [6, 6.07) is 18.1. The highest BCUT2D eigenvalue weighted by Gasteiger charge is 2.12. The van der Waals surface area contributed by atoms with Crippen LogP contribution < -0.4 is 9.47 Å². The van der Waals surface area contributed by atoms with Gasteiger partial charge < -0.3 is 9.47 Å². The van der Waals surface area contributed by atoms with Crippen LogP contribution in [0.1, 0.15) is 23.6 Å². The Hall–Kier alpha value is -3.19. The molecule has 0 fully saturated rings. The maximum Gasteiger partial charge on any atom is 0.269 e. The smallest absolute Gasteiger partial charge is 0.269 e. The Labute approximate surface area is 183 Å². The largest absolute Gasteiger partial charge is 0.493 e. The summed E-state index contributed by atoms with van der Waals surface area (Å²) in [6.45, 7) is 2.37. The fourth-order valence-electron chi connectivity index (χ4n) is 2.79. The Morgan fingerprint density at radius 3 is 2.33 bits per heavy atom. The first-order valence-electron chi connectivity index (χ1n) is 9.37. The van der Waals surface area contributed by atoms with Crippen molar-refractivity contribution in [2.75, 3.05) is 7.11 Å². The van der Waals surface area contributed by atoms with Crippen LogP contribution in [0.25, 0.3) is 0 Å². The number of hydrogen-bond donors (Lipinski definition) is 0. The van der Waals surface area contributed by atoms with E-state index in [2.05, 4.69) is 40.0 Å². The standard InChI is InChI=1S/C23H21BrN2O4/c1-3-16-4-8-19(9-5-16)25-14-18-12-21(24)23(22(13-18)29-2)30-15-17-6-10-20(11-7-17)26(27)28/h4-14H,3,15H2,1-2H3. The second-order valence-electron chi connectivity index (χ2n) is 6.52. The molecule has 0 bridgehead atoms. The maximum absolute atomic E-state index is 10.8. The number of halogens is 1. The van der Waals surface area contributed by atoms with Crippen LogP contribution in [0.4, 0.5) is 11.4 Å². The molecule has 0 aromatic heterocycles. The van der Waals surface area contributed by atoms with Crippen LogP contribution in [-0.4, -0.2) is 18.2 Å². The third-order valence-corrected chi connectivity index (χ3v) is 5.08. The van der Waals surface area contributed by atoms with Crippen LogP contribution in [0.2, 0.25) is 0 Å². The van der Waals surface area contributed by atoms with E-state index in [1.165, 1.54) is 17.7 Å². The topological polar surface area (TPSA) is 74.0 Å². The number of methoxy groups -OCH3 is 1. The van der Waals surface area contributed by atoms with Gasteiger partial charge in [-0.25, -0.2) is 0 Å². The number of nitro benzene ring substituents is 1. The Kier molecular flexibility index (Phi) is 7.19. The number of nitro groups is 1. The summed E-state index contributed by atoms with van der Waals surface area (Å²) in [5.74, 6) is 1.12. The normalized spacial score (nSPS) is 10.9. The first-order valence-corrected chi connectivity index (χ1v) is 10.2. The average Bonchev–Trinajstić information content (AvgIpc) is 2.77. The van der Waals surface area contributed by atoms with E-state index in [9.17, 15) is 10.1 Å². The molecule has 0 radical (unpaired) electrons. The van der Waals surface area contributed by atoms with E-state index < -0.39 is 4.92 Å². The molecule has 154 valence electrons. The molecule has 0 unspecified atom stereocenters. The van der Waals surface area contributed by atoms with E-state index in [1.54, 1.807) is 25.5 Å². The maximum atomic E-state index is 10.8. The summed E-state index contributed by atoms with van der Waals surface area (Å²) in [6.07, 6.45) is 2.77. The molecule has 0 saturated carbocycles. The van der Waals surface area contributed by atoms with Gasteiger partial charge in [-0.2, -0.15) is 0 Å². The molecule has 0 aliphatic rings. The minimum absolute atomic E-state index is 0.0467. The number of hydrogen-bond acceptors (Lipinski definition) is 5. The van der Waals surface area contributed by atoms with Gasteiger partial charge in [-0.05, 0) is 75.4 Å². The Bertz CT molecular complexity index is 1050. The lowest BCUT2D eigenvalue weighted by molar-refractivity contribution is -0.384. The number of nitrogens with zero attached hydrogens (tertiary/aromatic N) is 2. The Balaban J connectivity index is 1.74. The van der Waals surface area contributed by atoms with Crippen LogP contribution in [0.15, 0.2) is 70.1 Å². The molecule has 0 aliphatic heterocycles. The molecular formula is C23H21BrN2O4. The van der Waals surface area contributed by atoms with Crippen molar-refractivity contribution in [3.63, 3.8) is 0 Å². The fraction of sp³-hybridized carbons (Fsp3) is 0.174. The van der Waals surface area contributed by atoms with Crippen LogP contribution in [-0.2, 0) is 13.0 Å². The summed E-state index contributed by atoms with van der Waals surface area (Å²) < 4.78 is 12.1. The summed E-state index contributed by atoms with van der Waals surface area (Å²) in [5, 5.41) is 10.8. The van der Waals surface area contributed by atoms with Gasteiger partial charge in [0.15, 0.2) is 11.5 Å². The molecule has 0 heterocycles. The van der Waals surface area contributed by atoms with Crippen LogP contribution in [0.5, 0.6) is 11.5 Å². The van der Waals surface area contributed by atoms with Crippen molar-refractivity contribution in [2.45, 2.75) is 20.0 Å². The van der Waals surface area contributed by atoms with E-state index in [-0.39, 0.29) is 12.3 Å². The first-order chi connectivity index (χ1) is 14.5. The molecule has 0 amide bonds. The Morgan fingerprint density at radius 2 is 1.73 bits per heavy atom. The third kappa shape index (κ3) is 5.45. The molecule has 7 heteroatoms. The molecule has 3 aromatic carbocycles. The lowest BCUT2D eigenvalue weighted by Gasteiger charge is -2.13. The number of rotatable bonds is 8. The van der Waals surface area contributed by atoms with Gasteiger partial charge in [0, 0.05) is 18.3 Å². The predicted molar refractivity (Wildman–Crippen MR) is 121 cm³/mol. The highest BCUT2D eigenvalue weighted by Crippen LogP contribution is 2.37. The lowest BCUT2D eigenvalue weighted by Crippen LogP contribution is -2.00. The molecule has 30 heavy (non-hydrogen) atoms. The van der Waals surface area contributed by atoms with Gasteiger partial charge in [-0.3, -0.25) is 15.1 Å². The van der Waals surface area contributed by atoms with Crippen molar-refractivity contribution in [1.82, 2.24) is 0 Å². The van der Waals surface area contributed by atoms with Crippen LogP contribution in [0, 0.1) is 10.1 Å². The zero-order valence-corrected chi connectivity index (χ0v) is 18.3. The van der Waals surface area contributed by atoms with Crippen molar-refractivity contribution in [1.29, 1.82) is 0 Å². The number of aryl methyl sites for hydroxylation is 1. The lowest BCUT2D eigenvalue weighted by atomic mass is 10.1. The van der Waals surface area contributed by atoms with E-state index in [0.717, 1.165) is 27.7 Å². The number of non-ortho nitro benzene ring substituents is 1. The monoisotopic (exact) mass is 468 g/mol.